The van der Waals surface area contributed by atoms with Crippen molar-refractivity contribution < 1.29 is 23.9 Å². The Hall–Kier alpha value is -3.48. The Labute approximate surface area is 187 Å². The molecule has 7 nitrogen and oxygen atoms in total. The van der Waals surface area contributed by atoms with Gasteiger partial charge in [-0.05, 0) is 35.6 Å². The number of amides is 3. The summed E-state index contributed by atoms with van der Waals surface area (Å²) < 4.78 is 5.17. The molecular formula is C25H28N2O5. The van der Waals surface area contributed by atoms with E-state index in [4.69, 9.17) is 4.74 Å². The molecule has 1 aliphatic rings. The number of rotatable bonds is 9. The molecule has 2 aromatic carbocycles. The summed E-state index contributed by atoms with van der Waals surface area (Å²) in [7, 11) is 0. The average molecular weight is 437 g/mol. The summed E-state index contributed by atoms with van der Waals surface area (Å²) in [6.07, 6.45) is 1.26. The maximum Gasteiger partial charge on any atom is 0.338 e. The Morgan fingerprint density at radius 2 is 1.59 bits per heavy atom. The molecule has 2 aromatic rings. The second-order valence-corrected chi connectivity index (χ2v) is 8.31. The van der Waals surface area contributed by atoms with E-state index >= 15 is 0 Å². The van der Waals surface area contributed by atoms with Crippen LogP contribution in [0.1, 0.15) is 60.6 Å². The predicted molar refractivity (Wildman–Crippen MR) is 118 cm³/mol. The third-order valence-electron chi connectivity index (χ3n) is 5.26. The van der Waals surface area contributed by atoms with E-state index in [0.717, 1.165) is 17.5 Å². The van der Waals surface area contributed by atoms with Gasteiger partial charge in [0.2, 0.25) is 11.8 Å². The quantitative estimate of drug-likeness (QED) is 0.480. The van der Waals surface area contributed by atoms with Crippen LogP contribution in [0.4, 0.5) is 0 Å². The fraction of sp³-hybridized carbons (Fsp3) is 0.360. The van der Waals surface area contributed by atoms with Crippen LogP contribution in [0.3, 0.4) is 0 Å². The highest BCUT2D eigenvalue weighted by Gasteiger charge is 2.28. The van der Waals surface area contributed by atoms with Gasteiger partial charge in [-0.3, -0.25) is 19.3 Å². The second kappa shape index (κ2) is 10.7. The molecule has 32 heavy (non-hydrogen) atoms. The predicted octanol–water partition coefficient (Wildman–Crippen LogP) is 3.40. The van der Waals surface area contributed by atoms with Crippen LogP contribution in [0.2, 0.25) is 0 Å². The molecule has 0 spiro atoms. The van der Waals surface area contributed by atoms with Gasteiger partial charge < -0.3 is 10.1 Å². The fourth-order valence-corrected chi connectivity index (χ4v) is 3.61. The SMILES string of the molecule is CC(C)CC(NC(=O)COC(=O)c1ccc(CN2C(=O)CCC2=O)cc1)c1ccccc1. The number of esters is 1. The highest BCUT2D eigenvalue weighted by Crippen LogP contribution is 2.21. The van der Waals surface area contributed by atoms with Crippen LogP contribution >= 0.6 is 0 Å². The number of nitrogens with zero attached hydrogens (tertiary/aromatic N) is 1. The molecule has 0 saturated carbocycles. The van der Waals surface area contributed by atoms with Crippen LogP contribution in [-0.4, -0.2) is 35.2 Å². The van der Waals surface area contributed by atoms with Crippen LogP contribution in [0.5, 0.6) is 0 Å². The third-order valence-corrected chi connectivity index (χ3v) is 5.26. The van der Waals surface area contributed by atoms with Crippen LogP contribution in [0.15, 0.2) is 54.6 Å². The number of carbonyl (C=O) groups is 4. The van der Waals surface area contributed by atoms with Gasteiger partial charge >= 0.3 is 5.97 Å². The van der Waals surface area contributed by atoms with Crippen molar-refractivity contribution in [3.8, 4) is 0 Å². The minimum atomic E-state index is -0.611. The largest absolute Gasteiger partial charge is 0.452 e. The van der Waals surface area contributed by atoms with Crippen LogP contribution in [0.25, 0.3) is 0 Å². The molecule has 1 N–H and O–H groups in total. The Bertz CT molecular complexity index is 954. The Kier molecular flexibility index (Phi) is 7.76. The Morgan fingerprint density at radius 3 is 2.19 bits per heavy atom. The van der Waals surface area contributed by atoms with E-state index in [1.54, 1.807) is 24.3 Å². The summed E-state index contributed by atoms with van der Waals surface area (Å²) >= 11 is 0. The number of hydrogen-bond acceptors (Lipinski definition) is 5. The van der Waals surface area contributed by atoms with Gasteiger partial charge in [-0.15, -0.1) is 0 Å². The van der Waals surface area contributed by atoms with Crippen molar-refractivity contribution in [3.05, 3.63) is 71.3 Å². The lowest BCUT2D eigenvalue weighted by Gasteiger charge is -2.21. The number of imide groups is 1. The smallest absolute Gasteiger partial charge is 0.338 e. The van der Waals surface area contributed by atoms with E-state index in [1.807, 2.05) is 30.3 Å². The summed E-state index contributed by atoms with van der Waals surface area (Å²) in [4.78, 5) is 49.4. The summed E-state index contributed by atoms with van der Waals surface area (Å²) in [5.41, 5.74) is 2.04. The maximum absolute atomic E-state index is 12.4. The number of carbonyl (C=O) groups excluding carboxylic acids is 4. The molecule has 3 amide bonds. The van der Waals surface area contributed by atoms with Crippen molar-refractivity contribution in [2.75, 3.05) is 6.61 Å². The van der Waals surface area contributed by atoms with Gasteiger partial charge in [-0.2, -0.15) is 0 Å². The van der Waals surface area contributed by atoms with Gasteiger partial charge in [-0.25, -0.2) is 4.79 Å². The first-order valence-electron chi connectivity index (χ1n) is 10.8. The molecule has 0 radical (unpaired) electrons. The van der Waals surface area contributed by atoms with Crippen molar-refractivity contribution in [2.24, 2.45) is 5.92 Å². The van der Waals surface area contributed by atoms with Gasteiger partial charge in [0.25, 0.3) is 5.91 Å². The first kappa shape index (κ1) is 23.2. The van der Waals surface area contributed by atoms with Gasteiger partial charge in [0.05, 0.1) is 18.2 Å². The van der Waals surface area contributed by atoms with Gasteiger partial charge in [-0.1, -0.05) is 56.3 Å². The van der Waals surface area contributed by atoms with Crippen molar-refractivity contribution in [1.82, 2.24) is 10.2 Å². The van der Waals surface area contributed by atoms with E-state index in [9.17, 15) is 19.2 Å². The van der Waals surface area contributed by atoms with Crippen molar-refractivity contribution in [2.45, 2.75) is 45.7 Å². The molecule has 1 aliphatic heterocycles. The van der Waals surface area contributed by atoms with Gasteiger partial charge in [0, 0.05) is 12.8 Å². The zero-order valence-corrected chi connectivity index (χ0v) is 18.4. The molecule has 1 heterocycles. The van der Waals surface area contributed by atoms with Crippen LogP contribution in [-0.2, 0) is 25.7 Å². The highest BCUT2D eigenvalue weighted by atomic mass is 16.5. The lowest BCUT2D eigenvalue weighted by atomic mass is 9.97. The van der Waals surface area contributed by atoms with E-state index in [-0.39, 0.29) is 49.8 Å². The maximum atomic E-state index is 12.4. The highest BCUT2D eigenvalue weighted by molar-refractivity contribution is 6.01. The summed E-state index contributed by atoms with van der Waals surface area (Å²) in [6, 6.07) is 16.0. The van der Waals surface area contributed by atoms with Crippen LogP contribution < -0.4 is 5.32 Å². The molecule has 0 bridgehead atoms. The molecule has 1 saturated heterocycles. The third kappa shape index (κ3) is 6.26. The van der Waals surface area contributed by atoms with Crippen molar-refractivity contribution >= 4 is 23.7 Å². The molecular weight excluding hydrogens is 408 g/mol. The molecule has 0 aliphatic carbocycles. The molecule has 1 atom stereocenters. The number of ether oxygens (including phenoxy) is 1. The first-order valence-corrected chi connectivity index (χ1v) is 10.8. The Morgan fingerprint density at radius 1 is 0.969 bits per heavy atom. The zero-order chi connectivity index (χ0) is 23.1. The van der Waals surface area contributed by atoms with Gasteiger partial charge in [0.1, 0.15) is 0 Å². The lowest BCUT2D eigenvalue weighted by Crippen LogP contribution is -2.33. The summed E-state index contributed by atoms with van der Waals surface area (Å²) in [5.74, 6) is -0.963. The molecule has 1 fully saturated rings. The van der Waals surface area contributed by atoms with E-state index in [0.29, 0.717) is 11.5 Å². The fourth-order valence-electron chi connectivity index (χ4n) is 3.61. The zero-order valence-electron chi connectivity index (χ0n) is 18.4. The molecule has 1 unspecified atom stereocenters. The van der Waals surface area contributed by atoms with E-state index < -0.39 is 5.97 Å². The Balaban J connectivity index is 1.52. The number of hydrogen-bond donors (Lipinski definition) is 1. The average Bonchev–Trinajstić information content (AvgIpc) is 3.10. The lowest BCUT2D eigenvalue weighted by molar-refractivity contribution is -0.139. The monoisotopic (exact) mass is 436 g/mol. The minimum absolute atomic E-state index is 0.155. The first-order chi connectivity index (χ1) is 15.3. The molecule has 3 rings (SSSR count). The number of likely N-dealkylation sites (tertiary alicyclic amines) is 1. The van der Waals surface area contributed by atoms with Gasteiger partial charge in [0.15, 0.2) is 6.61 Å². The standard InChI is InChI=1S/C25H28N2O5/c1-17(2)14-21(19-6-4-3-5-7-19)26-22(28)16-32-25(31)20-10-8-18(9-11-20)15-27-23(29)12-13-24(27)30/h3-11,17,21H,12-16H2,1-2H3,(H,26,28). The van der Waals surface area contributed by atoms with E-state index in [1.165, 1.54) is 4.90 Å². The molecule has 7 heteroatoms. The second-order valence-electron chi connectivity index (χ2n) is 8.31. The number of nitrogens with one attached hydrogen (secondary N) is 1. The van der Waals surface area contributed by atoms with Crippen molar-refractivity contribution in [3.63, 3.8) is 0 Å². The number of benzene rings is 2. The normalized spacial score (nSPS) is 14.5. The minimum Gasteiger partial charge on any atom is -0.452 e. The summed E-state index contributed by atoms with van der Waals surface area (Å²) in [6.45, 7) is 3.98. The summed E-state index contributed by atoms with van der Waals surface area (Å²) in [5, 5.41) is 2.94. The molecule has 0 aromatic heterocycles. The van der Waals surface area contributed by atoms with Crippen LogP contribution in [0, 0.1) is 5.92 Å². The molecule has 168 valence electrons. The topological polar surface area (TPSA) is 92.8 Å². The van der Waals surface area contributed by atoms with Crippen molar-refractivity contribution in [1.29, 1.82) is 0 Å². The van der Waals surface area contributed by atoms with E-state index in [2.05, 4.69) is 19.2 Å².